The first-order chi connectivity index (χ1) is 42.0. The Morgan fingerprint density at radius 2 is 1.22 bits per heavy atom. The Morgan fingerprint density at radius 1 is 0.693 bits per heavy atom. The Balaban J connectivity index is 1.16. The molecule has 2 saturated heterocycles. The molecular formula is C67H98N4O16Si. The highest BCUT2D eigenvalue weighted by Gasteiger charge is 2.53. The molecule has 88 heavy (non-hydrogen) atoms. The first-order valence-electron chi connectivity index (χ1n) is 31.4. The molecular weight excluding hydrogens is 1140 g/mol. The average Bonchev–Trinajstić information content (AvgIpc) is 0.818. The van der Waals surface area contributed by atoms with Crippen molar-refractivity contribution in [1.82, 2.24) is 19.8 Å². The lowest BCUT2D eigenvalue weighted by molar-refractivity contribution is -0.277. The topological polar surface area (TPSA) is 231 Å². The number of aryl methyl sites for hydroxylation is 1. The minimum absolute atomic E-state index is 0.0563. The number of morpholine rings is 1. The second-order valence-electron chi connectivity index (χ2n) is 24.5. The van der Waals surface area contributed by atoms with Crippen molar-refractivity contribution in [2.24, 2.45) is 0 Å². The van der Waals surface area contributed by atoms with Crippen molar-refractivity contribution in [3.05, 3.63) is 128 Å². The van der Waals surface area contributed by atoms with E-state index in [1.807, 2.05) is 66.7 Å². The van der Waals surface area contributed by atoms with Gasteiger partial charge in [0.1, 0.15) is 41.5 Å². The third kappa shape index (κ3) is 18.7. The van der Waals surface area contributed by atoms with Crippen LogP contribution in [0.2, 0.25) is 16.6 Å². The fourth-order valence-electron chi connectivity index (χ4n) is 12.9. The molecule has 20 nitrogen and oxygen atoms in total. The van der Waals surface area contributed by atoms with E-state index in [2.05, 4.69) is 68.9 Å². The number of unbranched alkanes of at least 4 members (excludes halogenated alkanes) is 9. The summed E-state index contributed by atoms with van der Waals surface area (Å²) >= 11 is 0. The Morgan fingerprint density at radius 3 is 1.73 bits per heavy atom. The molecule has 21 heteroatoms. The number of benzene rings is 3. The number of amides is 1. The molecule has 486 valence electrons. The standard InChI is InChI=1S/C67H98N4O16Si/c1-45(2)88(46(3)4,47(5)6)83-44-66(43-82-67(53-27-23-22-24-28-53,54-29-33-56(78-12)34-30-54)55-31-35-57(79-13)36-32-55)42-70(40-59(87-66)71-39-48(7)63(76)69-65(71)77)37-25-20-18-16-14-15-17-19-21-26-38-80-64-60(68-49(8)72)62(85-52(11)75)61(84-51(10)74)58(86-64)41-81-50(9)73/h22-24,27-36,39,45-47,58-62,64H,14-21,25-26,37-38,40-44H2,1-13H3,(H,68,72)(H,69,76,77)/t58-,59-,60-,61+,62-,64-,66+/m1/s1. The zero-order valence-electron chi connectivity index (χ0n) is 54.2. The van der Waals surface area contributed by atoms with Gasteiger partial charge in [-0.3, -0.25) is 38.4 Å². The number of aromatic nitrogens is 2. The molecule has 2 aliphatic rings. The maximum Gasteiger partial charge on any atom is 0.330 e. The molecule has 1 amide bonds. The van der Waals surface area contributed by atoms with Gasteiger partial charge in [-0.2, -0.15) is 0 Å². The molecule has 0 unspecified atom stereocenters. The predicted octanol–water partition coefficient (Wildman–Crippen LogP) is 10.2. The number of hydrogen-bond acceptors (Lipinski definition) is 17. The maximum absolute atomic E-state index is 13.9. The average molecular weight is 1240 g/mol. The summed E-state index contributed by atoms with van der Waals surface area (Å²) in [5, 5.41) is 2.74. The minimum atomic E-state index is -2.54. The van der Waals surface area contributed by atoms with Crippen LogP contribution in [0.15, 0.2) is 94.6 Å². The zero-order chi connectivity index (χ0) is 64.2. The van der Waals surface area contributed by atoms with Crippen LogP contribution < -0.4 is 26.0 Å². The van der Waals surface area contributed by atoms with E-state index in [1.165, 1.54) is 32.3 Å². The van der Waals surface area contributed by atoms with Crippen molar-refractivity contribution in [2.75, 3.05) is 60.3 Å². The largest absolute Gasteiger partial charge is 0.497 e. The molecule has 0 radical (unpaired) electrons. The fourth-order valence-corrected chi connectivity index (χ4v) is 18.4. The number of ether oxygens (including phenoxy) is 9. The number of nitrogens with one attached hydrogen (secondary N) is 2. The number of esters is 3. The van der Waals surface area contributed by atoms with E-state index in [0.29, 0.717) is 36.6 Å². The first-order valence-corrected chi connectivity index (χ1v) is 33.5. The van der Waals surface area contributed by atoms with Gasteiger partial charge in [-0.05, 0) is 83.9 Å². The first kappa shape index (κ1) is 70.9. The molecule has 2 fully saturated rings. The lowest BCUT2D eigenvalue weighted by Gasteiger charge is -2.50. The highest BCUT2D eigenvalue weighted by Crippen LogP contribution is 2.46. The van der Waals surface area contributed by atoms with E-state index in [4.69, 9.17) is 47.1 Å². The van der Waals surface area contributed by atoms with Crippen molar-refractivity contribution < 1.29 is 66.2 Å². The normalized spacial score (nSPS) is 20.9. The van der Waals surface area contributed by atoms with Crippen LogP contribution in [-0.2, 0) is 62.4 Å². The van der Waals surface area contributed by atoms with Gasteiger partial charge in [-0.25, -0.2) is 4.79 Å². The van der Waals surface area contributed by atoms with Crippen molar-refractivity contribution >= 4 is 32.1 Å². The van der Waals surface area contributed by atoms with E-state index >= 15 is 0 Å². The number of hydrogen-bond donors (Lipinski definition) is 2. The van der Waals surface area contributed by atoms with Crippen molar-refractivity contribution in [3.8, 4) is 11.5 Å². The van der Waals surface area contributed by atoms with Crippen LogP contribution in [0.25, 0.3) is 0 Å². The van der Waals surface area contributed by atoms with Crippen molar-refractivity contribution in [1.29, 1.82) is 0 Å². The number of rotatable bonds is 34. The van der Waals surface area contributed by atoms with Gasteiger partial charge in [0.15, 0.2) is 33.0 Å². The zero-order valence-corrected chi connectivity index (χ0v) is 55.2. The summed E-state index contributed by atoms with van der Waals surface area (Å²) in [4.78, 5) is 80.2. The molecule has 7 atom stereocenters. The molecule has 4 aromatic rings. The van der Waals surface area contributed by atoms with Gasteiger partial charge in [-0.1, -0.05) is 148 Å². The number of aromatic amines is 1. The second kappa shape index (κ2) is 33.6. The number of carbonyl (C=O) groups excluding carboxylic acids is 4. The molecule has 3 heterocycles. The SMILES string of the molecule is COc1ccc(C(OC[C@]2(CO[Si](C(C)C)(C(C)C)C(C)C)CN(CCCCCCCCCCCCO[C@@H]3O[C@H](COC(C)=O)[C@H](OC(C)=O)[C@H](OC(C)=O)[C@H]3NC(C)=O)C[C@H](n3cc(C)c(=O)[nH]c3=O)O2)(c2ccccc2)c2ccc(OC)cc2)cc1. The number of carbonyl (C=O) groups is 4. The quantitative estimate of drug-likeness (QED) is 0.0146. The third-order valence-electron chi connectivity index (χ3n) is 17.0. The summed E-state index contributed by atoms with van der Waals surface area (Å²) < 4.78 is 64.2. The van der Waals surface area contributed by atoms with Crippen LogP contribution in [0, 0.1) is 6.92 Å². The monoisotopic (exact) mass is 1240 g/mol. The van der Waals surface area contributed by atoms with Crippen LogP contribution in [0.4, 0.5) is 0 Å². The Labute approximate surface area is 521 Å². The van der Waals surface area contributed by atoms with Crippen LogP contribution in [0.5, 0.6) is 11.5 Å². The molecule has 2 N–H and O–H groups in total. The van der Waals surface area contributed by atoms with Gasteiger partial charge in [0, 0.05) is 59.2 Å². The summed E-state index contributed by atoms with van der Waals surface area (Å²) in [5.74, 6) is -0.950. The van der Waals surface area contributed by atoms with Gasteiger partial charge >= 0.3 is 23.6 Å². The van der Waals surface area contributed by atoms with E-state index in [9.17, 15) is 28.8 Å². The lowest BCUT2D eigenvalue weighted by atomic mass is 9.79. The fraction of sp³-hybridized carbons (Fsp3) is 0.612. The summed E-state index contributed by atoms with van der Waals surface area (Å²) in [5.41, 5.74) is 0.530. The van der Waals surface area contributed by atoms with Gasteiger partial charge in [-0.15, -0.1) is 0 Å². The van der Waals surface area contributed by atoms with Gasteiger partial charge in [0.2, 0.25) is 5.91 Å². The molecule has 0 bridgehead atoms. The van der Waals surface area contributed by atoms with E-state index in [1.54, 1.807) is 27.3 Å². The second-order valence-corrected chi connectivity index (χ2v) is 30.0. The predicted molar refractivity (Wildman–Crippen MR) is 337 cm³/mol. The van der Waals surface area contributed by atoms with E-state index in [-0.39, 0.29) is 43.1 Å². The van der Waals surface area contributed by atoms with Crippen LogP contribution >= 0.6 is 0 Å². The molecule has 0 saturated carbocycles. The molecule has 3 aromatic carbocycles. The molecule has 2 aliphatic heterocycles. The van der Waals surface area contributed by atoms with Crippen LogP contribution in [0.3, 0.4) is 0 Å². The highest BCUT2D eigenvalue weighted by molar-refractivity contribution is 6.77. The molecule has 1 aromatic heterocycles. The van der Waals surface area contributed by atoms with Gasteiger partial charge < -0.3 is 52.4 Å². The van der Waals surface area contributed by atoms with Gasteiger partial charge in [0.05, 0.1) is 27.4 Å². The molecule has 0 aliphatic carbocycles. The molecule has 0 spiro atoms. The summed E-state index contributed by atoms with van der Waals surface area (Å²) in [6, 6.07) is 25.1. The highest BCUT2D eigenvalue weighted by atomic mass is 28.4. The summed E-state index contributed by atoms with van der Waals surface area (Å²) in [6.45, 7) is 22.1. The van der Waals surface area contributed by atoms with Crippen LogP contribution in [-0.4, -0.2) is 143 Å². The Kier molecular flexibility index (Phi) is 27.0. The number of methoxy groups -OCH3 is 2. The van der Waals surface area contributed by atoms with E-state index in [0.717, 1.165) is 81.0 Å². The smallest absolute Gasteiger partial charge is 0.330 e. The van der Waals surface area contributed by atoms with Crippen molar-refractivity contribution in [3.63, 3.8) is 0 Å². The Bertz CT molecular complexity index is 2890. The Hall–Kier alpha value is -6.20. The summed E-state index contributed by atoms with van der Waals surface area (Å²) in [7, 11) is 0.753. The number of H-pyrrole nitrogens is 1. The van der Waals surface area contributed by atoms with Gasteiger partial charge in [0.25, 0.3) is 5.56 Å². The van der Waals surface area contributed by atoms with E-state index < -0.39 is 91.5 Å². The number of nitrogens with zero attached hydrogens (tertiary/aromatic N) is 2. The summed E-state index contributed by atoms with van der Waals surface area (Å²) in [6.07, 6.45) is 6.11. The minimum Gasteiger partial charge on any atom is -0.497 e. The van der Waals surface area contributed by atoms with Crippen molar-refractivity contribution in [2.45, 2.75) is 205 Å². The third-order valence-corrected chi connectivity index (χ3v) is 23.1. The maximum atomic E-state index is 13.9. The lowest BCUT2D eigenvalue weighted by Crippen LogP contribution is -2.66. The molecule has 6 rings (SSSR count). The van der Waals surface area contributed by atoms with Crippen LogP contribution in [0.1, 0.15) is 162 Å².